The van der Waals surface area contributed by atoms with Gasteiger partial charge in [0.15, 0.2) is 5.82 Å². The second-order valence-corrected chi connectivity index (χ2v) is 3.31. The van der Waals surface area contributed by atoms with E-state index < -0.39 is 5.76 Å². The number of H-pyrrole nitrogens is 1. The number of aromatic nitrogens is 2. The van der Waals surface area contributed by atoms with Crippen LogP contribution in [0.2, 0.25) is 5.02 Å². The van der Waals surface area contributed by atoms with Crippen molar-refractivity contribution in [3.63, 3.8) is 0 Å². The summed E-state index contributed by atoms with van der Waals surface area (Å²) in [6, 6.07) is 5.39. The molecule has 1 aromatic heterocycles. The Morgan fingerprint density at radius 3 is 2.86 bits per heavy atom. The maximum atomic E-state index is 10.7. The Kier molecular flexibility index (Phi) is 2.13. The fourth-order valence-corrected chi connectivity index (χ4v) is 1.27. The first-order chi connectivity index (χ1) is 6.66. The van der Waals surface area contributed by atoms with Gasteiger partial charge in [0.25, 0.3) is 0 Å². The molecule has 5 heteroatoms. The molecular weight excluding hydrogens is 204 g/mol. The Morgan fingerprint density at radius 1 is 1.50 bits per heavy atom. The number of nitrogens with zero attached hydrogens (tertiary/aromatic N) is 1. The van der Waals surface area contributed by atoms with Crippen LogP contribution in [0.25, 0.3) is 11.4 Å². The van der Waals surface area contributed by atoms with Crippen molar-refractivity contribution in [3.8, 4) is 11.4 Å². The molecule has 1 aromatic carbocycles. The average molecular weight is 211 g/mol. The van der Waals surface area contributed by atoms with Crippen LogP contribution in [0.3, 0.4) is 0 Å². The van der Waals surface area contributed by atoms with E-state index in [4.69, 9.17) is 11.6 Å². The fraction of sp³-hybridized carbons (Fsp3) is 0.111. The maximum Gasteiger partial charge on any atom is 0.439 e. The summed E-state index contributed by atoms with van der Waals surface area (Å²) in [6.45, 7) is 1.90. The molecule has 72 valence electrons. The summed E-state index contributed by atoms with van der Waals surface area (Å²) in [5, 5.41) is 4.19. The smallest absolute Gasteiger partial charge is 0.296 e. The topological polar surface area (TPSA) is 58.9 Å². The number of rotatable bonds is 1. The molecule has 14 heavy (non-hydrogen) atoms. The van der Waals surface area contributed by atoms with E-state index in [-0.39, 0.29) is 0 Å². The second-order valence-electron chi connectivity index (χ2n) is 2.91. The number of aryl methyl sites for hydroxylation is 1. The number of hydrogen-bond acceptors (Lipinski definition) is 3. The largest absolute Gasteiger partial charge is 0.439 e. The number of nitrogens with one attached hydrogen (secondary N) is 1. The highest BCUT2D eigenvalue weighted by Crippen LogP contribution is 2.21. The monoisotopic (exact) mass is 210 g/mol. The van der Waals surface area contributed by atoms with Crippen LogP contribution in [0.1, 0.15) is 5.56 Å². The minimum Gasteiger partial charge on any atom is -0.296 e. The van der Waals surface area contributed by atoms with Crippen LogP contribution >= 0.6 is 11.6 Å². The van der Waals surface area contributed by atoms with Crippen LogP contribution in [0.5, 0.6) is 0 Å². The van der Waals surface area contributed by atoms with Gasteiger partial charge in [0.05, 0.1) is 0 Å². The Bertz CT molecular complexity index is 516. The maximum absolute atomic E-state index is 10.7. The second kappa shape index (κ2) is 3.31. The molecule has 0 bridgehead atoms. The first-order valence-corrected chi connectivity index (χ1v) is 4.37. The predicted molar refractivity (Wildman–Crippen MR) is 52.3 cm³/mol. The van der Waals surface area contributed by atoms with Crippen LogP contribution in [0.4, 0.5) is 0 Å². The summed E-state index contributed by atoms with van der Waals surface area (Å²) < 4.78 is 4.38. The fourth-order valence-electron chi connectivity index (χ4n) is 1.09. The normalized spacial score (nSPS) is 10.4. The van der Waals surface area contributed by atoms with Crippen LogP contribution in [0.15, 0.2) is 27.5 Å². The number of aromatic amines is 1. The Balaban J connectivity index is 2.52. The summed E-state index contributed by atoms with van der Waals surface area (Å²) >= 11 is 5.92. The Hall–Kier alpha value is -1.55. The molecule has 0 fully saturated rings. The molecule has 2 aromatic rings. The first kappa shape index (κ1) is 9.02. The summed E-state index contributed by atoms with van der Waals surface area (Å²) in [6.07, 6.45) is 0. The van der Waals surface area contributed by atoms with Gasteiger partial charge in [0, 0.05) is 10.6 Å². The highest BCUT2D eigenvalue weighted by atomic mass is 35.5. The lowest BCUT2D eigenvalue weighted by molar-refractivity contribution is 0.388. The highest BCUT2D eigenvalue weighted by molar-refractivity contribution is 6.31. The van der Waals surface area contributed by atoms with Gasteiger partial charge in [-0.25, -0.2) is 4.79 Å². The Labute approximate surface area is 84.5 Å². The zero-order valence-electron chi connectivity index (χ0n) is 7.37. The summed E-state index contributed by atoms with van der Waals surface area (Å²) in [4.78, 5) is 13.1. The molecule has 4 nitrogen and oxygen atoms in total. The number of hydrogen-bond donors (Lipinski definition) is 1. The molecular formula is C9H7ClN2O2. The van der Waals surface area contributed by atoms with Crippen molar-refractivity contribution in [2.75, 3.05) is 0 Å². The van der Waals surface area contributed by atoms with Crippen molar-refractivity contribution in [2.24, 2.45) is 0 Å². The zero-order valence-corrected chi connectivity index (χ0v) is 8.13. The SMILES string of the molecule is Cc1ccc(-c2noc(=O)[nH]2)cc1Cl. The quantitative estimate of drug-likeness (QED) is 0.783. The molecule has 0 saturated heterocycles. The molecule has 0 atom stereocenters. The lowest BCUT2D eigenvalue weighted by Crippen LogP contribution is -1.94. The van der Waals surface area contributed by atoms with E-state index in [9.17, 15) is 4.79 Å². The van der Waals surface area contributed by atoms with Gasteiger partial charge in [-0.1, -0.05) is 28.9 Å². The van der Waals surface area contributed by atoms with E-state index in [1.165, 1.54) is 0 Å². The van der Waals surface area contributed by atoms with E-state index in [0.29, 0.717) is 10.8 Å². The molecule has 0 radical (unpaired) electrons. The lowest BCUT2D eigenvalue weighted by Gasteiger charge is -1.98. The van der Waals surface area contributed by atoms with Crippen molar-refractivity contribution in [2.45, 2.75) is 6.92 Å². The molecule has 0 unspecified atom stereocenters. The van der Waals surface area contributed by atoms with Crippen LogP contribution in [0, 0.1) is 6.92 Å². The predicted octanol–water partition coefficient (Wildman–Crippen LogP) is 1.99. The number of halogens is 1. The van der Waals surface area contributed by atoms with Gasteiger partial charge < -0.3 is 0 Å². The third-order valence-electron chi connectivity index (χ3n) is 1.89. The summed E-state index contributed by atoms with van der Waals surface area (Å²) in [5.74, 6) is -0.186. The van der Waals surface area contributed by atoms with Gasteiger partial charge in [-0.05, 0) is 18.6 Å². The molecule has 2 rings (SSSR count). The highest BCUT2D eigenvalue weighted by Gasteiger charge is 2.05. The molecule has 0 aliphatic carbocycles. The summed E-state index contributed by atoms with van der Waals surface area (Å²) in [7, 11) is 0. The van der Waals surface area contributed by atoms with Gasteiger partial charge >= 0.3 is 5.76 Å². The van der Waals surface area contributed by atoms with E-state index in [1.807, 2.05) is 19.1 Å². The van der Waals surface area contributed by atoms with Crippen LogP contribution < -0.4 is 5.76 Å². The van der Waals surface area contributed by atoms with Gasteiger partial charge in [-0.2, -0.15) is 0 Å². The third-order valence-corrected chi connectivity index (χ3v) is 2.29. The average Bonchev–Trinajstić information content (AvgIpc) is 2.57. The molecule has 1 N–H and O–H groups in total. The van der Waals surface area contributed by atoms with Crippen LogP contribution in [-0.4, -0.2) is 10.1 Å². The van der Waals surface area contributed by atoms with Gasteiger partial charge in [0.1, 0.15) is 0 Å². The first-order valence-electron chi connectivity index (χ1n) is 3.99. The van der Waals surface area contributed by atoms with Gasteiger partial charge in [0.2, 0.25) is 0 Å². The Morgan fingerprint density at radius 2 is 2.29 bits per heavy atom. The standard InChI is InChI=1S/C9H7ClN2O2/c1-5-2-3-6(4-7(5)10)8-11-9(13)14-12-8/h2-4H,1H3,(H,11,12,13). The molecule has 0 saturated carbocycles. The molecule has 0 aliphatic heterocycles. The molecule has 0 amide bonds. The van der Waals surface area contributed by atoms with Gasteiger partial charge in [-0.3, -0.25) is 9.51 Å². The van der Waals surface area contributed by atoms with E-state index in [1.54, 1.807) is 6.07 Å². The van der Waals surface area contributed by atoms with Crippen molar-refractivity contribution >= 4 is 11.6 Å². The van der Waals surface area contributed by atoms with Crippen molar-refractivity contribution in [1.29, 1.82) is 0 Å². The minimum absolute atomic E-state index is 0.386. The van der Waals surface area contributed by atoms with Crippen LogP contribution in [-0.2, 0) is 0 Å². The van der Waals surface area contributed by atoms with Gasteiger partial charge in [-0.15, -0.1) is 0 Å². The zero-order chi connectivity index (χ0) is 10.1. The number of benzene rings is 1. The van der Waals surface area contributed by atoms with Crippen molar-refractivity contribution < 1.29 is 4.52 Å². The van der Waals surface area contributed by atoms with Crippen molar-refractivity contribution in [1.82, 2.24) is 10.1 Å². The van der Waals surface area contributed by atoms with E-state index in [2.05, 4.69) is 14.7 Å². The molecule has 0 spiro atoms. The van der Waals surface area contributed by atoms with E-state index in [0.717, 1.165) is 11.1 Å². The summed E-state index contributed by atoms with van der Waals surface area (Å²) in [5.41, 5.74) is 1.70. The third kappa shape index (κ3) is 1.56. The molecule has 1 heterocycles. The lowest BCUT2D eigenvalue weighted by atomic mass is 10.1. The van der Waals surface area contributed by atoms with E-state index >= 15 is 0 Å². The minimum atomic E-state index is -0.573. The molecule has 0 aliphatic rings. The van der Waals surface area contributed by atoms with Crippen molar-refractivity contribution in [3.05, 3.63) is 39.3 Å².